The van der Waals surface area contributed by atoms with Crippen LogP contribution in [0.3, 0.4) is 0 Å². The molecule has 156 valence electrons. The summed E-state index contributed by atoms with van der Waals surface area (Å²) >= 11 is 6.11. The van der Waals surface area contributed by atoms with Gasteiger partial charge in [-0.05, 0) is 55.7 Å². The summed E-state index contributed by atoms with van der Waals surface area (Å²) < 4.78 is 3.66. The molecule has 0 saturated carbocycles. The predicted octanol–water partition coefficient (Wildman–Crippen LogP) is 5.29. The van der Waals surface area contributed by atoms with Crippen LogP contribution in [0.5, 0.6) is 0 Å². The highest BCUT2D eigenvalue weighted by atomic mass is 35.5. The first-order chi connectivity index (χ1) is 14.9. The summed E-state index contributed by atoms with van der Waals surface area (Å²) in [6.07, 6.45) is 0.901. The molecule has 0 amide bonds. The molecule has 0 atom stereocenters. The lowest BCUT2D eigenvalue weighted by Gasteiger charge is -2.12. The van der Waals surface area contributed by atoms with Crippen LogP contribution >= 0.6 is 11.6 Å². The van der Waals surface area contributed by atoms with Gasteiger partial charge in [-0.1, -0.05) is 37.6 Å². The van der Waals surface area contributed by atoms with E-state index in [1.807, 2.05) is 60.0 Å². The highest BCUT2D eigenvalue weighted by Gasteiger charge is 2.22. The van der Waals surface area contributed by atoms with Gasteiger partial charge < -0.3 is 0 Å². The number of para-hydroxylation sites is 2. The quantitative estimate of drug-likeness (QED) is 0.387. The summed E-state index contributed by atoms with van der Waals surface area (Å²) in [7, 11) is 0. The molecule has 0 aliphatic carbocycles. The summed E-state index contributed by atoms with van der Waals surface area (Å²) in [5.41, 5.74) is 4.02. The Morgan fingerprint density at radius 3 is 2.29 bits per heavy atom. The summed E-state index contributed by atoms with van der Waals surface area (Å²) in [5, 5.41) is 1.14. The van der Waals surface area contributed by atoms with Gasteiger partial charge in [0.2, 0.25) is 0 Å². The van der Waals surface area contributed by atoms with Crippen LogP contribution in [0.4, 0.5) is 0 Å². The van der Waals surface area contributed by atoms with Gasteiger partial charge in [0.1, 0.15) is 16.7 Å². The van der Waals surface area contributed by atoms with Crippen molar-refractivity contribution < 1.29 is 0 Å². The van der Waals surface area contributed by atoms with E-state index in [9.17, 15) is 4.79 Å². The number of fused-ring (bicyclic) bond motifs is 4. The van der Waals surface area contributed by atoms with Crippen LogP contribution in [0.15, 0.2) is 53.3 Å². The molecule has 0 fully saturated rings. The van der Waals surface area contributed by atoms with E-state index in [1.165, 1.54) is 0 Å². The zero-order valence-corrected chi connectivity index (χ0v) is 18.4. The zero-order valence-electron chi connectivity index (χ0n) is 17.6. The molecule has 3 aromatic heterocycles. The van der Waals surface area contributed by atoms with Crippen molar-refractivity contribution in [1.29, 1.82) is 0 Å². The molecule has 0 aliphatic rings. The van der Waals surface area contributed by atoms with Crippen molar-refractivity contribution in [2.75, 3.05) is 0 Å². The minimum absolute atomic E-state index is 0.0783. The minimum Gasteiger partial charge on any atom is -0.296 e. The normalized spacial score (nSPS) is 11.9. The Labute approximate surface area is 184 Å². The monoisotopic (exact) mass is 431 g/mol. The molecule has 0 saturated heterocycles. The van der Waals surface area contributed by atoms with Crippen molar-refractivity contribution in [2.24, 2.45) is 5.92 Å². The van der Waals surface area contributed by atoms with Gasteiger partial charge in [0.25, 0.3) is 5.56 Å². The molecule has 0 radical (unpaired) electrons. The van der Waals surface area contributed by atoms with Crippen LogP contribution in [-0.2, 0) is 6.54 Å². The SMILES string of the molecule is Cc1nc2c(c(=O)n1CCC(C)C)c1nc3ccccc3nc1n2-c1ccc(Cl)cc1. The van der Waals surface area contributed by atoms with Gasteiger partial charge in [0.15, 0.2) is 11.3 Å². The second-order valence-electron chi connectivity index (χ2n) is 8.19. The Balaban J connectivity index is 1.92. The van der Waals surface area contributed by atoms with E-state index in [4.69, 9.17) is 26.6 Å². The van der Waals surface area contributed by atoms with E-state index in [2.05, 4.69) is 13.8 Å². The number of aromatic nitrogens is 5. The van der Waals surface area contributed by atoms with Gasteiger partial charge in [-0.3, -0.25) is 13.9 Å². The van der Waals surface area contributed by atoms with Crippen molar-refractivity contribution in [3.05, 3.63) is 69.7 Å². The van der Waals surface area contributed by atoms with Crippen LogP contribution in [0.25, 0.3) is 38.9 Å². The Kier molecular flexibility index (Phi) is 4.74. The van der Waals surface area contributed by atoms with Crippen molar-refractivity contribution >= 4 is 44.8 Å². The molecule has 3 heterocycles. The van der Waals surface area contributed by atoms with Gasteiger partial charge in [-0.15, -0.1) is 0 Å². The van der Waals surface area contributed by atoms with Gasteiger partial charge in [-0.25, -0.2) is 15.0 Å². The Morgan fingerprint density at radius 2 is 1.61 bits per heavy atom. The summed E-state index contributed by atoms with van der Waals surface area (Å²) in [6.45, 7) is 6.80. The van der Waals surface area contributed by atoms with Crippen molar-refractivity contribution in [2.45, 2.75) is 33.7 Å². The Hall–Kier alpha value is -3.25. The number of benzene rings is 2. The molecular formula is C24H22ClN5O. The van der Waals surface area contributed by atoms with Crippen LogP contribution in [0.2, 0.25) is 5.02 Å². The van der Waals surface area contributed by atoms with E-state index in [0.717, 1.165) is 23.1 Å². The average Bonchev–Trinajstić information content (AvgIpc) is 3.05. The Morgan fingerprint density at radius 1 is 0.935 bits per heavy atom. The number of aryl methyl sites for hydroxylation is 1. The first-order valence-corrected chi connectivity index (χ1v) is 10.8. The van der Waals surface area contributed by atoms with Crippen LogP contribution < -0.4 is 5.56 Å². The molecule has 2 aromatic carbocycles. The van der Waals surface area contributed by atoms with Crippen molar-refractivity contribution in [3.63, 3.8) is 0 Å². The molecule has 31 heavy (non-hydrogen) atoms. The van der Waals surface area contributed by atoms with Gasteiger partial charge in [0.05, 0.1) is 11.0 Å². The lowest BCUT2D eigenvalue weighted by molar-refractivity contribution is 0.498. The second-order valence-corrected chi connectivity index (χ2v) is 8.63. The maximum atomic E-state index is 13.6. The predicted molar refractivity (Wildman–Crippen MR) is 125 cm³/mol. The third-order valence-corrected chi connectivity index (χ3v) is 5.82. The summed E-state index contributed by atoms with van der Waals surface area (Å²) in [6, 6.07) is 15.1. The fourth-order valence-electron chi connectivity index (χ4n) is 3.92. The number of halogens is 1. The highest BCUT2D eigenvalue weighted by molar-refractivity contribution is 6.30. The van der Waals surface area contributed by atoms with Crippen LogP contribution in [0, 0.1) is 12.8 Å². The smallest absolute Gasteiger partial charge is 0.265 e. The molecule has 5 rings (SSSR count). The standard InChI is InChI=1S/C24H22ClN5O/c1-14(2)12-13-29-15(3)26-22-20(24(29)31)21-23(28-19-7-5-4-6-18(19)27-21)30(22)17-10-8-16(25)9-11-17/h4-11,14H,12-13H2,1-3H3. The largest absolute Gasteiger partial charge is 0.296 e. The number of nitrogens with zero attached hydrogens (tertiary/aromatic N) is 5. The summed E-state index contributed by atoms with van der Waals surface area (Å²) in [5.74, 6) is 1.17. The van der Waals surface area contributed by atoms with E-state index < -0.39 is 0 Å². The number of hydrogen-bond donors (Lipinski definition) is 0. The molecule has 6 nitrogen and oxygen atoms in total. The van der Waals surface area contributed by atoms with E-state index >= 15 is 0 Å². The van der Waals surface area contributed by atoms with Gasteiger partial charge in [0, 0.05) is 17.3 Å². The second kappa shape index (κ2) is 7.46. The van der Waals surface area contributed by atoms with Gasteiger partial charge >= 0.3 is 0 Å². The van der Waals surface area contributed by atoms with Crippen molar-refractivity contribution in [3.8, 4) is 5.69 Å². The topological polar surface area (TPSA) is 65.6 Å². The third-order valence-electron chi connectivity index (χ3n) is 5.57. The number of hydrogen-bond acceptors (Lipinski definition) is 4. The maximum absolute atomic E-state index is 13.6. The molecule has 0 aliphatic heterocycles. The van der Waals surface area contributed by atoms with Crippen LogP contribution in [-0.4, -0.2) is 24.1 Å². The summed E-state index contributed by atoms with van der Waals surface area (Å²) in [4.78, 5) is 28.2. The first-order valence-electron chi connectivity index (χ1n) is 10.4. The zero-order chi connectivity index (χ0) is 21.7. The Bertz CT molecular complexity index is 1500. The van der Waals surface area contributed by atoms with E-state index in [-0.39, 0.29) is 5.56 Å². The van der Waals surface area contributed by atoms with Gasteiger partial charge in [-0.2, -0.15) is 0 Å². The molecule has 7 heteroatoms. The average molecular weight is 432 g/mol. The van der Waals surface area contributed by atoms with Crippen molar-refractivity contribution in [1.82, 2.24) is 24.1 Å². The molecular weight excluding hydrogens is 410 g/mol. The van der Waals surface area contributed by atoms with E-state index in [1.54, 1.807) is 4.57 Å². The molecule has 0 spiro atoms. The maximum Gasteiger partial charge on any atom is 0.265 e. The molecule has 0 unspecified atom stereocenters. The lowest BCUT2D eigenvalue weighted by Crippen LogP contribution is -2.24. The number of rotatable bonds is 4. The first kappa shape index (κ1) is 19.7. The third kappa shape index (κ3) is 3.27. The lowest BCUT2D eigenvalue weighted by atomic mass is 10.1. The highest BCUT2D eigenvalue weighted by Crippen LogP contribution is 2.29. The molecule has 0 N–H and O–H groups in total. The molecule has 0 bridgehead atoms. The fourth-order valence-corrected chi connectivity index (χ4v) is 4.04. The van der Waals surface area contributed by atoms with Crippen LogP contribution in [0.1, 0.15) is 26.1 Å². The minimum atomic E-state index is -0.0783. The molecule has 5 aromatic rings. The fraction of sp³-hybridized carbons (Fsp3) is 0.250. The van der Waals surface area contributed by atoms with E-state index in [0.29, 0.717) is 45.5 Å².